The standard InChI is InChI=1S/C26H26N4O2S/c1-16-6-8-22(9-7-16)30-25(32)23(24(31)27-26(30)33)15-19-14-17(2)29(18(19)3)21-12-10-20(11-13-21)28(4)5/h6-15H,1-5H3,(H,27,31,33)/b23-15+. The molecule has 2 aromatic carbocycles. The molecule has 7 heteroatoms. The number of rotatable bonds is 4. The lowest BCUT2D eigenvalue weighted by atomic mass is 10.1. The smallest absolute Gasteiger partial charge is 0.270 e. The second-order valence-corrected chi connectivity index (χ2v) is 8.75. The molecule has 0 radical (unpaired) electrons. The molecule has 33 heavy (non-hydrogen) atoms. The predicted octanol–water partition coefficient (Wildman–Crippen LogP) is 4.30. The van der Waals surface area contributed by atoms with Crippen LogP contribution in [0.1, 0.15) is 22.5 Å². The first-order valence-corrected chi connectivity index (χ1v) is 11.0. The molecule has 1 saturated heterocycles. The third kappa shape index (κ3) is 4.19. The normalized spacial score (nSPS) is 15.2. The first-order valence-electron chi connectivity index (χ1n) is 10.6. The number of hydrogen-bond donors (Lipinski definition) is 1. The van der Waals surface area contributed by atoms with Gasteiger partial charge in [-0.05, 0) is 87.1 Å². The monoisotopic (exact) mass is 458 g/mol. The Balaban J connectivity index is 1.72. The largest absolute Gasteiger partial charge is 0.378 e. The van der Waals surface area contributed by atoms with E-state index in [2.05, 4.69) is 34.1 Å². The Kier molecular flexibility index (Phi) is 5.91. The molecule has 0 atom stereocenters. The molecular formula is C26H26N4O2S. The maximum atomic E-state index is 13.3. The maximum Gasteiger partial charge on any atom is 0.270 e. The lowest BCUT2D eigenvalue weighted by molar-refractivity contribution is -0.122. The van der Waals surface area contributed by atoms with Gasteiger partial charge in [-0.3, -0.25) is 19.8 Å². The Morgan fingerprint density at radius 2 is 1.52 bits per heavy atom. The Morgan fingerprint density at radius 3 is 2.12 bits per heavy atom. The molecular weight excluding hydrogens is 432 g/mol. The summed E-state index contributed by atoms with van der Waals surface area (Å²) in [7, 11) is 4.01. The van der Waals surface area contributed by atoms with E-state index in [4.69, 9.17) is 12.2 Å². The number of carbonyl (C=O) groups is 2. The van der Waals surface area contributed by atoms with Crippen molar-refractivity contribution in [2.24, 2.45) is 0 Å². The minimum Gasteiger partial charge on any atom is -0.378 e. The van der Waals surface area contributed by atoms with Crippen molar-refractivity contribution in [2.75, 3.05) is 23.9 Å². The van der Waals surface area contributed by atoms with Gasteiger partial charge in [0.1, 0.15) is 5.57 Å². The Labute approximate surface area is 199 Å². The van der Waals surface area contributed by atoms with Crippen molar-refractivity contribution in [2.45, 2.75) is 20.8 Å². The quantitative estimate of drug-likeness (QED) is 0.360. The summed E-state index contributed by atoms with van der Waals surface area (Å²) in [6, 6.07) is 17.7. The van der Waals surface area contributed by atoms with E-state index in [0.717, 1.165) is 33.9 Å². The molecule has 168 valence electrons. The second-order valence-electron chi connectivity index (χ2n) is 8.37. The molecule has 0 aliphatic carbocycles. The highest BCUT2D eigenvalue weighted by Gasteiger charge is 2.34. The molecule has 2 heterocycles. The first kappa shape index (κ1) is 22.5. The van der Waals surface area contributed by atoms with Crippen LogP contribution in [-0.2, 0) is 9.59 Å². The van der Waals surface area contributed by atoms with Crippen molar-refractivity contribution in [1.29, 1.82) is 0 Å². The van der Waals surface area contributed by atoms with Gasteiger partial charge >= 0.3 is 0 Å². The zero-order chi connectivity index (χ0) is 23.9. The van der Waals surface area contributed by atoms with Gasteiger partial charge in [-0.15, -0.1) is 0 Å². The fourth-order valence-corrected chi connectivity index (χ4v) is 4.25. The molecule has 1 aromatic heterocycles. The van der Waals surface area contributed by atoms with Crippen molar-refractivity contribution in [3.05, 3.63) is 82.7 Å². The molecule has 0 spiro atoms. The van der Waals surface area contributed by atoms with Gasteiger partial charge < -0.3 is 9.47 Å². The van der Waals surface area contributed by atoms with E-state index in [-0.39, 0.29) is 10.7 Å². The SMILES string of the molecule is Cc1ccc(N2C(=O)/C(=C/c3cc(C)n(-c4ccc(N(C)C)cc4)c3C)C(=O)NC2=S)cc1. The molecule has 1 N–H and O–H groups in total. The Morgan fingerprint density at radius 1 is 0.909 bits per heavy atom. The van der Waals surface area contributed by atoms with Crippen LogP contribution in [0.4, 0.5) is 11.4 Å². The van der Waals surface area contributed by atoms with Crippen molar-refractivity contribution < 1.29 is 9.59 Å². The van der Waals surface area contributed by atoms with E-state index in [9.17, 15) is 9.59 Å². The van der Waals surface area contributed by atoms with E-state index in [1.165, 1.54) is 4.90 Å². The topological polar surface area (TPSA) is 57.6 Å². The summed E-state index contributed by atoms with van der Waals surface area (Å²) >= 11 is 5.30. The summed E-state index contributed by atoms with van der Waals surface area (Å²) in [5, 5.41) is 2.73. The number of benzene rings is 2. The minimum atomic E-state index is -0.492. The summed E-state index contributed by atoms with van der Waals surface area (Å²) in [6.45, 7) is 5.95. The average molecular weight is 459 g/mol. The molecule has 6 nitrogen and oxygen atoms in total. The van der Waals surface area contributed by atoms with Gasteiger partial charge in [0.2, 0.25) is 0 Å². The highest BCUT2D eigenvalue weighted by molar-refractivity contribution is 7.80. The minimum absolute atomic E-state index is 0.0485. The maximum absolute atomic E-state index is 13.3. The van der Waals surface area contributed by atoms with Crippen LogP contribution in [-0.4, -0.2) is 35.6 Å². The fraction of sp³-hybridized carbons (Fsp3) is 0.192. The number of nitrogens with zero attached hydrogens (tertiary/aromatic N) is 3. The van der Waals surface area contributed by atoms with Gasteiger partial charge in [0, 0.05) is 36.9 Å². The molecule has 2 amide bonds. The molecule has 1 aliphatic heterocycles. The van der Waals surface area contributed by atoms with E-state index in [1.54, 1.807) is 6.08 Å². The van der Waals surface area contributed by atoms with Crippen LogP contribution in [0.25, 0.3) is 11.8 Å². The van der Waals surface area contributed by atoms with E-state index in [1.807, 2.05) is 70.1 Å². The van der Waals surface area contributed by atoms with Crippen molar-refractivity contribution >= 4 is 46.6 Å². The van der Waals surface area contributed by atoms with Crippen molar-refractivity contribution in [1.82, 2.24) is 9.88 Å². The lowest BCUT2D eigenvalue weighted by Gasteiger charge is -2.29. The second kappa shape index (κ2) is 8.67. The van der Waals surface area contributed by atoms with Gasteiger partial charge in [-0.2, -0.15) is 0 Å². The van der Waals surface area contributed by atoms with Crippen LogP contribution in [0.3, 0.4) is 0 Å². The van der Waals surface area contributed by atoms with Gasteiger partial charge in [-0.25, -0.2) is 0 Å². The van der Waals surface area contributed by atoms with Crippen LogP contribution in [0, 0.1) is 20.8 Å². The van der Waals surface area contributed by atoms with Crippen LogP contribution < -0.4 is 15.1 Å². The van der Waals surface area contributed by atoms with Gasteiger partial charge in [0.25, 0.3) is 11.8 Å². The Bertz CT molecular complexity index is 1290. The number of carbonyl (C=O) groups excluding carboxylic acids is 2. The zero-order valence-corrected chi connectivity index (χ0v) is 20.2. The summed E-state index contributed by atoms with van der Waals surface area (Å²) in [5.74, 6) is -0.929. The highest BCUT2D eigenvalue weighted by atomic mass is 32.1. The van der Waals surface area contributed by atoms with E-state index in [0.29, 0.717) is 5.69 Å². The van der Waals surface area contributed by atoms with Crippen LogP contribution in [0.5, 0.6) is 0 Å². The van der Waals surface area contributed by atoms with Crippen LogP contribution >= 0.6 is 12.2 Å². The van der Waals surface area contributed by atoms with Crippen LogP contribution in [0.15, 0.2) is 60.2 Å². The summed E-state index contributed by atoms with van der Waals surface area (Å²) in [4.78, 5) is 29.4. The van der Waals surface area contributed by atoms with E-state index >= 15 is 0 Å². The molecule has 0 bridgehead atoms. The van der Waals surface area contributed by atoms with Gasteiger partial charge in [0.05, 0.1) is 5.69 Å². The zero-order valence-electron chi connectivity index (χ0n) is 19.3. The molecule has 4 rings (SSSR count). The van der Waals surface area contributed by atoms with E-state index < -0.39 is 11.8 Å². The van der Waals surface area contributed by atoms with Gasteiger partial charge in [0.15, 0.2) is 5.11 Å². The third-order valence-corrected chi connectivity index (χ3v) is 6.07. The molecule has 0 unspecified atom stereocenters. The summed E-state index contributed by atoms with van der Waals surface area (Å²) in [6.07, 6.45) is 1.65. The average Bonchev–Trinajstić information content (AvgIpc) is 3.05. The fourth-order valence-electron chi connectivity index (χ4n) is 3.97. The summed E-state index contributed by atoms with van der Waals surface area (Å²) < 4.78 is 2.11. The number of aryl methyl sites for hydroxylation is 2. The number of anilines is 2. The number of hydrogen-bond acceptors (Lipinski definition) is 4. The first-order chi connectivity index (χ1) is 15.7. The number of aromatic nitrogens is 1. The Hall–Kier alpha value is -3.71. The van der Waals surface area contributed by atoms with Crippen molar-refractivity contribution in [3.8, 4) is 5.69 Å². The highest BCUT2D eigenvalue weighted by Crippen LogP contribution is 2.27. The molecule has 0 saturated carbocycles. The third-order valence-electron chi connectivity index (χ3n) is 5.79. The number of amides is 2. The molecule has 1 aliphatic rings. The van der Waals surface area contributed by atoms with Crippen LogP contribution in [0.2, 0.25) is 0 Å². The number of thiocarbonyl (C=S) groups is 1. The summed E-state index contributed by atoms with van der Waals surface area (Å²) in [5.41, 5.74) is 6.61. The van der Waals surface area contributed by atoms with Gasteiger partial charge in [-0.1, -0.05) is 17.7 Å². The predicted molar refractivity (Wildman–Crippen MR) is 137 cm³/mol. The lowest BCUT2D eigenvalue weighted by Crippen LogP contribution is -2.54. The van der Waals surface area contributed by atoms with Crippen molar-refractivity contribution in [3.63, 3.8) is 0 Å². The molecule has 3 aromatic rings. The number of nitrogens with one attached hydrogen (secondary N) is 1. The molecule has 1 fully saturated rings.